The van der Waals surface area contributed by atoms with Gasteiger partial charge in [0, 0.05) is 5.92 Å². The van der Waals surface area contributed by atoms with E-state index in [0.717, 1.165) is 0 Å². The first-order valence-corrected chi connectivity index (χ1v) is 3.96. The molecule has 3 heteroatoms. The van der Waals surface area contributed by atoms with Gasteiger partial charge in [0.25, 0.3) is 0 Å². The van der Waals surface area contributed by atoms with Gasteiger partial charge in [0.1, 0.15) is 5.75 Å². The zero-order valence-corrected chi connectivity index (χ0v) is 6.36. The van der Waals surface area contributed by atoms with Crippen LogP contribution in [0.1, 0.15) is 13.8 Å². The van der Waals surface area contributed by atoms with Gasteiger partial charge in [-0.15, -0.1) is 0 Å². The Hall–Kier alpha value is -0.330. The Bertz CT molecular complexity index is 152. The molecule has 0 aromatic carbocycles. The molecule has 0 saturated carbocycles. The highest BCUT2D eigenvalue weighted by atomic mass is 32.2. The lowest BCUT2D eigenvalue weighted by Gasteiger charge is -1.85. The van der Waals surface area contributed by atoms with Crippen LogP contribution in [0.4, 0.5) is 0 Å². The van der Waals surface area contributed by atoms with Gasteiger partial charge in [0.2, 0.25) is 0 Å². The summed E-state index contributed by atoms with van der Waals surface area (Å²) in [6, 6.07) is 0. The van der Waals surface area contributed by atoms with E-state index in [9.17, 15) is 4.21 Å². The number of rotatable bonds is 1. The minimum absolute atomic E-state index is 0.0676. The molecule has 1 atom stereocenters. The Kier molecular flexibility index (Phi) is 4.37. The average Bonchev–Trinajstić information content (AvgIpc) is 1.63. The summed E-state index contributed by atoms with van der Waals surface area (Å²) < 4.78 is 18.2. The summed E-state index contributed by atoms with van der Waals surface area (Å²) >= 11 is -1.76. The Morgan fingerprint density at radius 3 is 2.56 bits per heavy atom. The van der Waals surface area contributed by atoms with E-state index in [-0.39, 0.29) is 11.7 Å². The lowest BCUT2D eigenvalue weighted by atomic mass is 10.2. The molecule has 9 heavy (non-hydrogen) atoms. The van der Waals surface area contributed by atoms with E-state index >= 15 is 0 Å². The molecule has 0 amide bonds. The minimum atomic E-state index is -1.76. The summed E-state index contributed by atoms with van der Waals surface area (Å²) in [6.07, 6.45) is 0. The predicted octanol–water partition coefficient (Wildman–Crippen LogP) is 0.867. The van der Waals surface area contributed by atoms with Crippen LogP contribution in [-0.2, 0) is 11.1 Å². The summed E-state index contributed by atoms with van der Waals surface area (Å²) in [5.41, 5.74) is 0. The maximum absolute atomic E-state index is 9.99. The summed E-state index contributed by atoms with van der Waals surface area (Å²) in [6.45, 7) is 3.88. The van der Waals surface area contributed by atoms with Crippen LogP contribution in [0, 0.1) is 17.8 Å². The predicted molar refractivity (Wildman–Crippen MR) is 38.3 cm³/mol. The van der Waals surface area contributed by atoms with Crippen molar-refractivity contribution in [2.45, 2.75) is 13.8 Å². The molecule has 0 radical (unpaired) electrons. The monoisotopic (exact) mass is 146 g/mol. The molecular formula is C6H10O2S. The van der Waals surface area contributed by atoms with Crippen molar-refractivity contribution in [2.24, 2.45) is 5.92 Å². The van der Waals surface area contributed by atoms with Gasteiger partial charge in [-0.05, 0) is 0 Å². The van der Waals surface area contributed by atoms with Gasteiger partial charge in [-0.3, -0.25) is 0 Å². The summed E-state index contributed by atoms with van der Waals surface area (Å²) in [5.74, 6) is 5.71. The molecule has 0 saturated heterocycles. The lowest BCUT2D eigenvalue weighted by Crippen LogP contribution is -1.90. The lowest BCUT2D eigenvalue weighted by molar-refractivity contribution is 0.568. The fourth-order valence-corrected chi connectivity index (χ4v) is 0.514. The van der Waals surface area contributed by atoms with Crippen LogP contribution in [0.5, 0.6) is 0 Å². The van der Waals surface area contributed by atoms with Gasteiger partial charge in [0.15, 0.2) is 11.1 Å². The minimum Gasteiger partial charge on any atom is -0.305 e. The smallest absolute Gasteiger partial charge is 0.165 e. The second kappa shape index (κ2) is 4.54. The number of hydrogen-bond acceptors (Lipinski definition) is 1. The van der Waals surface area contributed by atoms with Gasteiger partial charge >= 0.3 is 0 Å². The van der Waals surface area contributed by atoms with Crippen LogP contribution in [-0.4, -0.2) is 14.5 Å². The largest absolute Gasteiger partial charge is 0.305 e. The molecule has 0 aliphatic rings. The number of hydrogen-bond donors (Lipinski definition) is 1. The molecule has 1 N–H and O–H groups in total. The maximum atomic E-state index is 9.99. The van der Waals surface area contributed by atoms with Crippen molar-refractivity contribution in [3.05, 3.63) is 0 Å². The summed E-state index contributed by atoms with van der Waals surface area (Å²) in [7, 11) is 0. The van der Waals surface area contributed by atoms with E-state index in [2.05, 4.69) is 11.8 Å². The van der Waals surface area contributed by atoms with Crippen LogP contribution in [0.15, 0.2) is 0 Å². The molecule has 0 fully saturated rings. The van der Waals surface area contributed by atoms with Crippen molar-refractivity contribution in [1.29, 1.82) is 0 Å². The van der Waals surface area contributed by atoms with Crippen LogP contribution in [0.25, 0.3) is 0 Å². The molecule has 2 nitrogen and oxygen atoms in total. The molecule has 0 aliphatic carbocycles. The van der Waals surface area contributed by atoms with Crippen molar-refractivity contribution in [3.63, 3.8) is 0 Å². The molecule has 0 aliphatic heterocycles. The molecule has 0 aromatic heterocycles. The fraction of sp³-hybridized carbons (Fsp3) is 0.667. The van der Waals surface area contributed by atoms with Crippen LogP contribution >= 0.6 is 0 Å². The zero-order chi connectivity index (χ0) is 7.28. The Balaban J connectivity index is 3.50. The van der Waals surface area contributed by atoms with Gasteiger partial charge in [-0.2, -0.15) is 0 Å². The topological polar surface area (TPSA) is 37.3 Å². The fourth-order valence-electron chi connectivity index (χ4n) is 0.308. The molecule has 0 heterocycles. The molecular weight excluding hydrogens is 136 g/mol. The van der Waals surface area contributed by atoms with Gasteiger partial charge in [0.05, 0.1) is 0 Å². The Labute approximate surface area is 57.9 Å². The average molecular weight is 146 g/mol. The van der Waals surface area contributed by atoms with E-state index in [1.54, 1.807) is 0 Å². The van der Waals surface area contributed by atoms with Crippen LogP contribution in [0.2, 0.25) is 0 Å². The van der Waals surface area contributed by atoms with Crippen molar-refractivity contribution in [2.75, 3.05) is 5.75 Å². The maximum Gasteiger partial charge on any atom is 0.165 e. The normalized spacial score (nSPS) is 12.4. The highest BCUT2D eigenvalue weighted by Crippen LogP contribution is 1.85. The molecule has 0 bridgehead atoms. The van der Waals surface area contributed by atoms with Gasteiger partial charge in [-0.1, -0.05) is 25.7 Å². The van der Waals surface area contributed by atoms with Crippen LogP contribution < -0.4 is 0 Å². The van der Waals surface area contributed by atoms with E-state index < -0.39 is 11.1 Å². The molecule has 0 spiro atoms. The third-order valence-corrected chi connectivity index (χ3v) is 0.978. The van der Waals surface area contributed by atoms with Crippen molar-refractivity contribution in [1.82, 2.24) is 0 Å². The Morgan fingerprint density at radius 1 is 1.67 bits per heavy atom. The first-order chi connectivity index (χ1) is 4.13. The summed E-state index contributed by atoms with van der Waals surface area (Å²) in [4.78, 5) is 0. The van der Waals surface area contributed by atoms with Crippen LogP contribution in [0.3, 0.4) is 0 Å². The first kappa shape index (κ1) is 8.67. The second-order valence-corrected chi connectivity index (χ2v) is 2.87. The van der Waals surface area contributed by atoms with E-state index in [4.69, 9.17) is 4.55 Å². The SMILES string of the molecule is CC(C)C#CCS(=O)O. The molecule has 1 unspecified atom stereocenters. The Morgan fingerprint density at radius 2 is 2.22 bits per heavy atom. The quantitative estimate of drug-likeness (QED) is 0.440. The van der Waals surface area contributed by atoms with Crippen molar-refractivity contribution >= 4 is 11.1 Å². The zero-order valence-electron chi connectivity index (χ0n) is 5.55. The standard InChI is InChI=1S/C6H10O2S/c1-6(2)4-3-5-9(7)8/h6H,5H2,1-2H3,(H,7,8). The highest BCUT2D eigenvalue weighted by molar-refractivity contribution is 7.79. The second-order valence-electron chi connectivity index (χ2n) is 1.94. The van der Waals surface area contributed by atoms with Crippen molar-refractivity contribution in [3.8, 4) is 11.8 Å². The summed E-state index contributed by atoms with van der Waals surface area (Å²) in [5, 5.41) is 0. The molecule has 0 rings (SSSR count). The first-order valence-electron chi connectivity index (χ1n) is 2.68. The van der Waals surface area contributed by atoms with E-state index in [0.29, 0.717) is 0 Å². The third-order valence-electron chi connectivity index (χ3n) is 0.586. The van der Waals surface area contributed by atoms with E-state index in [1.807, 2.05) is 13.8 Å². The molecule has 52 valence electrons. The third kappa shape index (κ3) is 7.67. The van der Waals surface area contributed by atoms with Gasteiger partial charge in [-0.25, -0.2) is 4.21 Å². The highest BCUT2D eigenvalue weighted by Gasteiger charge is 1.85. The van der Waals surface area contributed by atoms with Gasteiger partial charge < -0.3 is 4.55 Å². The molecule has 0 aromatic rings. The van der Waals surface area contributed by atoms with E-state index in [1.165, 1.54) is 0 Å². The van der Waals surface area contributed by atoms with Crippen molar-refractivity contribution < 1.29 is 8.76 Å².